The molecule has 2 rings (SSSR count). The van der Waals surface area contributed by atoms with Crippen molar-refractivity contribution >= 4 is 5.97 Å². The monoisotopic (exact) mass is 230 g/mol. The molecule has 0 aromatic carbocycles. The van der Waals surface area contributed by atoms with Crippen LogP contribution in [0.4, 0.5) is 0 Å². The molecule has 0 spiro atoms. The van der Waals surface area contributed by atoms with Gasteiger partial charge < -0.3 is 9.84 Å². The number of aromatic carboxylic acids is 1. The summed E-state index contributed by atoms with van der Waals surface area (Å²) in [4.78, 5) is 18.5. The van der Waals surface area contributed by atoms with Gasteiger partial charge in [-0.25, -0.2) is 9.78 Å². The summed E-state index contributed by atoms with van der Waals surface area (Å²) < 4.78 is 5.46. The number of carboxylic acid groups (broad SMARTS) is 1. The van der Waals surface area contributed by atoms with Crippen LogP contribution in [0, 0.1) is 6.92 Å². The Bertz CT molecular complexity index is 538. The molecule has 0 aliphatic rings. The van der Waals surface area contributed by atoms with Crippen molar-refractivity contribution in [3.63, 3.8) is 0 Å². The van der Waals surface area contributed by atoms with Crippen LogP contribution >= 0.6 is 0 Å². The number of aryl methyl sites for hydroxylation is 1. The van der Waals surface area contributed by atoms with Crippen LogP contribution in [0.3, 0.4) is 0 Å². The van der Waals surface area contributed by atoms with Gasteiger partial charge in [-0.1, -0.05) is 0 Å². The zero-order valence-corrected chi connectivity index (χ0v) is 9.12. The fourth-order valence-corrected chi connectivity index (χ4v) is 1.24. The minimum Gasteiger partial charge on any atom is -0.477 e. The summed E-state index contributed by atoms with van der Waals surface area (Å²) in [5, 5.41) is 8.78. The van der Waals surface area contributed by atoms with Crippen molar-refractivity contribution in [3.05, 3.63) is 48.0 Å². The van der Waals surface area contributed by atoms with Gasteiger partial charge in [0.25, 0.3) is 0 Å². The van der Waals surface area contributed by atoms with Gasteiger partial charge in [0.15, 0.2) is 5.69 Å². The molecule has 0 radical (unpaired) electrons. The van der Waals surface area contributed by atoms with E-state index in [2.05, 4.69) is 9.97 Å². The molecule has 2 aromatic rings. The van der Waals surface area contributed by atoms with E-state index in [1.165, 1.54) is 12.3 Å². The van der Waals surface area contributed by atoms with E-state index in [4.69, 9.17) is 9.84 Å². The standard InChI is InChI=1S/C12H10N2O3/c1-8-2-3-10(7-14-8)17-9-4-5-13-11(6-9)12(15)16/h2-7H,1H3,(H,15,16). The molecule has 5 nitrogen and oxygen atoms in total. The molecule has 1 N–H and O–H groups in total. The average molecular weight is 230 g/mol. The Hall–Kier alpha value is -2.43. The van der Waals surface area contributed by atoms with Crippen molar-refractivity contribution in [2.45, 2.75) is 6.92 Å². The van der Waals surface area contributed by atoms with Crippen molar-refractivity contribution in [1.29, 1.82) is 0 Å². The smallest absolute Gasteiger partial charge is 0.354 e. The van der Waals surface area contributed by atoms with Gasteiger partial charge in [-0.2, -0.15) is 0 Å². The Morgan fingerprint density at radius 2 is 2.06 bits per heavy atom. The number of rotatable bonds is 3. The van der Waals surface area contributed by atoms with Gasteiger partial charge in [-0.05, 0) is 25.1 Å². The van der Waals surface area contributed by atoms with Crippen LogP contribution in [0.2, 0.25) is 0 Å². The highest BCUT2D eigenvalue weighted by Gasteiger charge is 2.06. The van der Waals surface area contributed by atoms with Gasteiger partial charge in [-0.3, -0.25) is 4.98 Å². The van der Waals surface area contributed by atoms with Gasteiger partial charge in [0.2, 0.25) is 0 Å². The molecule has 0 bridgehead atoms. The Labute approximate surface area is 97.7 Å². The number of ether oxygens (including phenoxy) is 1. The van der Waals surface area contributed by atoms with Crippen molar-refractivity contribution in [2.24, 2.45) is 0 Å². The number of pyridine rings is 2. The zero-order chi connectivity index (χ0) is 12.3. The van der Waals surface area contributed by atoms with Gasteiger partial charge >= 0.3 is 5.97 Å². The fraction of sp³-hybridized carbons (Fsp3) is 0.0833. The lowest BCUT2D eigenvalue weighted by atomic mass is 10.3. The SMILES string of the molecule is Cc1ccc(Oc2ccnc(C(=O)O)c2)cn1. The van der Waals surface area contributed by atoms with Gasteiger partial charge in [0, 0.05) is 18.0 Å². The molecule has 0 amide bonds. The van der Waals surface area contributed by atoms with Crippen LogP contribution in [0.1, 0.15) is 16.2 Å². The van der Waals surface area contributed by atoms with E-state index in [1.54, 1.807) is 18.3 Å². The Kier molecular flexibility index (Phi) is 3.00. The number of hydrogen-bond donors (Lipinski definition) is 1. The van der Waals surface area contributed by atoms with E-state index >= 15 is 0 Å². The summed E-state index contributed by atoms with van der Waals surface area (Å²) in [5.41, 5.74) is 0.834. The van der Waals surface area contributed by atoms with E-state index in [9.17, 15) is 4.79 Å². The molecule has 86 valence electrons. The lowest BCUT2D eigenvalue weighted by Gasteiger charge is -2.05. The normalized spacial score (nSPS) is 9.94. The topological polar surface area (TPSA) is 72.3 Å². The van der Waals surface area contributed by atoms with Crippen molar-refractivity contribution in [3.8, 4) is 11.5 Å². The van der Waals surface area contributed by atoms with Gasteiger partial charge in [0.05, 0.1) is 6.20 Å². The van der Waals surface area contributed by atoms with Crippen molar-refractivity contribution in [1.82, 2.24) is 9.97 Å². The zero-order valence-electron chi connectivity index (χ0n) is 9.12. The van der Waals surface area contributed by atoms with E-state index in [0.717, 1.165) is 5.69 Å². The van der Waals surface area contributed by atoms with Gasteiger partial charge in [0.1, 0.15) is 11.5 Å². The molecule has 17 heavy (non-hydrogen) atoms. The summed E-state index contributed by atoms with van der Waals surface area (Å²) >= 11 is 0. The van der Waals surface area contributed by atoms with E-state index in [-0.39, 0.29) is 5.69 Å². The lowest BCUT2D eigenvalue weighted by Crippen LogP contribution is -1.99. The molecule has 0 saturated carbocycles. The predicted octanol–water partition coefficient (Wildman–Crippen LogP) is 2.28. The predicted molar refractivity (Wildman–Crippen MR) is 60.2 cm³/mol. The minimum atomic E-state index is -1.09. The van der Waals surface area contributed by atoms with Crippen LogP contribution in [-0.4, -0.2) is 21.0 Å². The quantitative estimate of drug-likeness (QED) is 0.875. The summed E-state index contributed by atoms with van der Waals surface area (Å²) in [7, 11) is 0. The van der Waals surface area contributed by atoms with Crippen LogP contribution in [-0.2, 0) is 0 Å². The van der Waals surface area contributed by atoms with E-state index in [0.29, 0.717) is 11.5 Å². The first kappa shape index (κ1) is 11.1. The highest BCUT2D eigenvalue weighted by atomic mass is 16.5. The molecular formula is C12H10N2O3. The van der Waals surface area contributed by atoms with Crippen LogP contribution in [0.15, 0.2) is 36.7 Å². The molecule has 0 aliphatic carbocycles. The molecule has 0 atom stereocenters. The lowest BCUT2D eigenvalue weighted by molar-refractivity contribution is 0.0690. The van der Waals surface area contributed by atoms with E-state index in [1.807, 2.05) is 13.0 Å². The van der Waals surface area contributed by atoms with Crippen LogP contribution < -0.4 is 4.74 Å². The number of carboxylic acids is 1. The van der Waals surface area contributed by atoms with E-state index < -0.39 is 5.97 Å². The Morgan fingerprint density at radius 1 is 1.24 bits per heavy atom. The Balaban J connectivity index is 2.21. The van der Waals surface area contributed by atoms with Gasteiger partial charge in [-0.15, -0.1) is 0 Å². The average Bonchev–Trinajstić information content (AvgIpc) is 2.32. The maximum absolute atomic E-state index is 10.7. The molecule has 0 aliphatic heterocycles. The maximum atomic E-state index is 10.7. The number of hydrogen-bond acceptors (Lipinski definition) is 4. The number of carbonyl (C=O) groups is 1. The Morgan fingerprint density at radius 3 is 2.71 bits per heavy atom. The highest BCUT2D eigenvalue weighted by molar-refractivity contribution is 5.85. The third kappa shape index (κ3) is 2.78. The third-order valence-corrected chi connectivity index (χ3v) is 2.07. The number of nitrogens with zero attached hydrogens (tertiary/aromatic N) is 2. The maximum Gasteiger partial charge on any atom is 0.354 e. The first-order valence-electron chi connectivity index (χ1n) is 4.95. The first-order valence-corrected chi connectivity index (χ1v) is 4.95. The second kappa shape index (κ2) is 4.61. The molecule has 2 heterocycles. The second-order valence-electron chi connectivity index (χ2n) is 3.42. The molecule has 0 unspecified atom stereocenters. The minimum absolute atomic E-state index is 0.0532. The molecule has 5 heteroatoms. The van der Waals surface area contributed by atoms with Crippen LogP contribution in [0.25, 0.3) is 0 Å². The highest BCUT2D eigenvalue weighted by Crippen LogP contribution is 2.20. The number of aromatic nitrogens is 2. The summed E-state index contributed by atoms with van der Waals surface area (Å²) in [5.74, 6) is -0.112. The molecular weight excluding hydrogens is 220 g/mol. The summed E-state index contributed by atoms with van der Waals surface area (Å²) in [6.07, 6.45) is 2.97. The largest absolute Gasteiger partial charge is 0.477 e. The molecule has 0 saturated heterocycles. The molecule has 0 fully saturated rings. The first-order chi connectivity index (χ1) is 8.15. The summed E-state index contributed by atoms with van der Waals surface area (Å²) in [6.45, 7) is 1.87. The second-order valence-corrected chi connectivity index (χ2v) is 3.42. The summed E-state index contributed by atoms with van der Waals surface area (Å²) in [6, 6.07) is 6.53. The van der Waals surface area contributed by atoms with Crippen molar-refractivity contribution < 1.29 is 14.6 Å². The third-order valence-electron chi connectivity index (χ3n) is 2.07. The fourth-order valence-electron chi connectivity index (χ4n) is 1.24. The molecule has 2 aromatic heterocycles. The van der Waals surface area contributed by atoms with Crippen LogP contribution in [0.5, 0.6) is 11.5 Å². The van der Waals surface area contributed by atoms with Crippen molar-refractivity contribution in [2.75, 3.05) is 0 Å².